The van der Waals surface area contributed by atoms with Crippen molar-refractivity contribution in [2.75, 3.05) is 12.3 Å². The van der Waals surface area contributed by atoms with Crippen LogP contribution in [-0.2, 0) is 0 Å². The number of hydrogen-bond acceptors (Lipinski definition) is 3. The number of phenols is 1. The summed E-state index contributed by atoms with van der Waals surface area (Å²) in [6.45, 7) is 2.45. The van der Waals surface area contributed by atoms with E-state index in [1.54, 1.807) is 29.1 Å². The first kappa shape index (κ1) is 8.74. The second-order valence-electron chi connectivity index (χ2n) is 3.00. The van der Waals surface area contributed by atoms with Gasteiger partial charge in [0.2, 0.25) is 0 Å². The molecule has 0 saturated carbocycles. The molecule has 74 valence electrons. The van der Waals surface area contributed by atoms with Gasteiger partial charge in [0.05, 0.1) is 5.69 Å². The first-order valence-corrected chi connectivity index (χ1v) is 4.46. The average molecular weight is 192 g/mol. The van der Waals surface area contributed by atoms with Crippen LogP contribution in [0.5, 0.6) is 5.75 Å². The minimum Gasteiger partial charge on any atom is -0.507 e. The molecule has 0 amide bonds. The number of nitrogens with two attached hydrogens (primary N) is 1. The number of nitrogens with zero attached hydrogens (tertiary/aromatic N) is 1. The van der Waals surface area contributed by atoms with Crippen LogP contribution >= 0.6 is 0 Å². The molecule has 0 unspecified atom stereocenters. The third-order valence-electron chi connectivity index (χ3n) is 2.09. The second kappa shape index (κ2) is 3.14. The second-order valence-corrected chi connectivity index (χ2v) is 3.00. The van der Waals surface area contributed by atoms with Crippen molar-refractivity contribution in [3.63, 3.8) is 0 Å². The fourth-order valence-corrected chi connectivity index (χ4v) is 1.49. The van der Waals surface area contributed by atoms with Gasteiger partial charge in [-0.25, -0.2) is 0 Å². The maximum absolute atomic E-state index is 9.55. The summed E-state index contributed by atoms with van der Waals surface area (Å²) >= 11 is 0. The molecule has 0 spiro atoms. The van der Waals surface area contributed by atoms with Crippen LogP contribution in [-0.4, -0.2) is 16.4 Å². The van der Waals surface area contributed by atoms with E-state index in [4.69, 9.17) is 10.6 Å². The highest BCUT2D eigenvalue weighted by Gasteiger charge is 2.08. The van der Waals surface area contributed by atoms with E-state index < -0.39 is 0 Å². The van der Waals surface area contributed by atoms with Crippen LogP contribution in [0.1, 0.15) is 6.92 Å². The summed E-state index contributed by atoms with van der Waals surface area (Å²) in [6, 6.07) is 5.01. The zero-order valence-electron chi connectivity index (χ0n) is 7.90. The van der Waals surface area contributed by atoms with Crippen molar-refractivity contribution < 1.29 is 9.94 Å². The van der Waals surface area contributed by atoms with Crippen LogP contribution in [0.2, 0.25) is 0 Å². The molecule has 3 N–H and O–H groups in total. The maximum Gasteiger partial charge on any atom is 0.125 e. The molecule has 0 aliphatic heterocycles. The van der Waals surface area contributed by atoms with Crippen molar-refractivity contribution in [1.82, 2.24) is 4.73 Å². The van der Waals surface area contributed by atoms with Gasteiger partial charge in [-0.2, -0.15) is 4.73 Å². The summed E-state index contributed by atoms with van der Waals surface area (Å²) in [5.74, 6) is 0.215. The number of hydrogen-bond donors (Lipinski definition) is 2. The quantitative estimate of drug-likeness (QED) is 0.558. The van der Waals surface area contributed by atoms with Crippen LogP contribution in [0.25, 0.3) is 10.9 Å². The van der Waals surface area contributed by atoms with Gasteiger partial charge >= 0.3 is 0 Å². The van der Waals surface area contributed by atoms with Gasteiger partial charge in [-0.3, -0.25) is 0 Å². The van der Waals surface area contributed by atoms with E-state index >= 15 is 0 Å². The molecule has 0 bridgehead atoms. The van der Waals surface area contributed by atoms with Gasteiger partial charge in [-0.15, -0.1) is 0 Å². The van der Waals surface area contributed by atoms with Gasteiger partial charge in [-0.1, -0.05) is 0 Å². The SMILES string of the molecule is CCOn1ccc2c(O)ccc(N)c21. The molecule has 0 aliphatic carbocycles. The Labute approximate surface area is 81.5 Å². The van der Waals surface area contributed by atoms with Crippen molar-refractivity contribution >= 4 is 16.6 Å². The fraction of sp³-hybridized carbons (Fsp3) is 0.200. The number of anilines is 1. The Morgan fingerprint density at radius 2 is 2.21 bits per heavy atom. The van der Waals surface area contributed by atoms with Crippen molar-refractivity contribution in [2.24, 2.45) is 0 Å². The molecule has 0 fully saturated rings. The predicted molar refractivity (Wildman–Crippen MR) is 55.1 cm³/mol. The predicted octanol–water partition coefficient (Wildman–Crippen LogP) is 1.38. The van der Waals surface area contributed by atoms with Crippen molar-refractivity contribution in [3.05, 3.63) is 24.4 Å². The first-order chi connectivity index (χ1) is 6.74. The van der Waals surface area contributed by atoms with E-state index in [9.17, 15) is 5.11 Å². The number of fused-ring (bicyclic) bond motifs is 1. The summed E-state index contributed by atoms with van der Waals surface area (Å²) in [5, 5.41) is 10.3. The van der Waals surface area contributed by atoms with Gasteiger partial charge in [-0.05, 0) is 25.1 Å². The van der Waals surface area contributed by atoms with Gasteiger partial charge in [0.1, 0.15) is 17.9 Å². The zero-order valence-corrected chi connectivity index (χ0v) is 7.90. The number of aromatic hydroxyl groups is 1. The normalized spacial score (nSPS) is 10.6. The fourth-order valence-electron chi connectivity index (χ4n) is 1.49. The molecule has 1 aromatic heterocycles. The minimum absolute atomic E-state index is 0.215. The lowest BCUT2D eigenvalue weighted by molar-refractivity contribution is 0.133. The lowest BCUT2D eigenvalue weighted by atomic mass is 10.2. The third-order valence-corrected chi connectivity index (χ3v) is 2.09. The van der Waals surface area contributed by atoms with Crippen molar-refractivity contribution in [2.45, 2.75) is 6.92 Å². The lowest BCUT2D eigenvalue weighted by Crippen LogP contribution is -2.09. The van der Waals surface area contributed by atoms with Gasteiger partial charge in [0, 0.05) is 11.6 Å². The Morgan fingerprint density at radius 1 is 1.43 bits per heavy atom. The molecule has 0 saturated heterocycles. The third kappa shape index (κ3) is 1.16. The number of rotatable bonds is 2. The van der Waals surface area contributed by atoms with Crippen LogP contribution in [0, 0.1) is 0 Å². The summed E-state index contributed by atoms with van der Waals surface area (Å²) < 4.78 is 1.57. The molecular formula is C10H12N2O2. The smallest absolute Gasteiger partial charge is 0.125 e. The summed E-state index contributed by atoms with van der Waals surface area (Å²) in [7, 11) is 0. The molecular weight excluding hydrogens is 180 g/mol. The van der Waals surface area contributed by atoms with Crippen molar-refractivity contribution in [1.29, 1.82) is 0 Å². The molecule has 4 heteroatoms. The number of phenolic OH excluding ortho intramolecular Hbond substituents is 1. The Kier molecular flexibility index (Phi) is 1.96. The van der Waals surface area contributed by atoms with Gasteiger partial charge in [0.15, 0.2) is 0 Å². The van der Waals surface area contributed by atoms with Crippen LogP contribution < -0.4 is 10.6 Å². The Bertz CT molecular complexity index is 462. The van der Waals surface area contributed by atoms with Crippen LogP contribution in [0.3, 0.4) is 0 Å². The number of aromatic nitrogens is 1. The Balaban J connectivity index is 2.70. The van der Waals surface area contributed by atoms with Crippen LogP contribution in [0.15, 0.2) is 24.4 Å². The van der Waals surface area contributed by atoms with E-state index in [2.05, 4.69) is 0 Å². The average Bonchev–Trinajstić information content (AvgIpc) is 2.58. The summed E-state index contributed by atoms with van der Waals surface area (Å²) in [6.07, 6.45) is 1.74. The highest BCUT2D eigenvalue weighted by molar-refractivity contribution is 5.94. The van der Waals surface area contributed by atoms with E-state index in [1.807, 2.05) is 6.92 Å². The molecule has 14 heavy (non-hydrogen) atoms. The van der Waals surface area contributed by atoms with Gasteiger partial charge in [0.25, 0.3) is 0 Å². The molecule has 1 heterocycles. The molecule has 0 radical (unpaired) electrons. The molecule has 2 rings (SSSR count). The summed E-state index contributed by atoms with van der Waals surface area (Å²) in [5.41, 5.74) is 7.10. The van der Waals surface area contributed by atoms with E-state index in [-0.39, 0.29) is 5.75 Å². The highest BCUT2D eigenvalue weighted by atomic mass is 16.7. The molecule has 1 aromatic carbocycles. The molecule has 0 aliphatic rings. The van der Waals surface area contributed by atoms with Gasteiger partial charge < -0.3 is 15.7 Å². The Hall–Kier alpha value is -1.84. The molecule has 0 atom stereocenters. The standard InChI is InChI=1S/C10H12N2O2/c1-2-14-12-6-5-7-9(13)4-3-8(11)10(7)12/h3-6,13H,2,11H2,1H3. The number of nitrogen functional groups attached to an aromatic ring is 1. The van der Waals surface area contributed by atoms with E-state index in [0.717, 1.165) is 0 Å². The molecule has 4 nitrogen and oxygen atoms in total. The maximum atomic E-state index is 9.55. The minimum atomic E-state index is 0.215. The Morgan fingerprint density at radius 3 is 2.93 bits per heavy atom. The first-order valence-electron chi connectivity index (χ1n) is 4.46. The van der Waals surface area contributed by atoms with E-state index in [0.29, 0.717) is 23.2 Å². The largest absolute Gasteiger partial charge is 0.507 e. The number of benzene rings is 1. The molecule has 2 aromatic rings. The monoisotopic (exact) mass is 192 g/mol. The lowest BCUT2D eigenvalue weighted by Gasteiger charge is -2.07. The zero-order chi connectivity index (χ0) is 10.1. The van der Waals surface area contributed by atoms with Crippen LogP contribution in [0.4, 0.5) is 5.69 Å². The highest BCUT2D eigenvalue weighted by Crippen LogP contribution is 2.29. The van der Waals surface area contributed by atoms with E-state index in [1.165, 1.54) is 0 Å². The van der Waals surface area contributed by atoms with Crippen molar-refractivity contribution in [3.8, 4) is 5.75 Å². The topological polar surface area (TPSA) is 60.4 Å². The summed E-state index contributed by atoms with van der Waals surface area (Å²) in [4.78, 5) is 5.32.